The molecule has 1 aromatic heterocycles. The van der Waals surface area contributed by atoms with Gasteiger partial charge in [-0.2, -0.15) is 4.31 Å². The summed E-state index contributed by atoms with van der Waals surface area (Å²) in [5.74, 6) is 0. The van der Waals surface area contributed by atoms with Gasteiger partial charge in [0, 0.05) is 19.3 Å². The van der Waals surface area contributed by atoms with Crippen LogP contribution in [0.5, 0.6) is 0 Å². The van der Waals surface area contributed by atoms with Crippen LogP contribution >= 0.6 is 11.6 Å². The molecule has 1 fully saturated rings. The number of β-amino-alcohol motifs (C(OH)–C–C–N with tert-alkyl or cyclic N) is 1. The van der Waals surface area contributed by atoms with Gasteiger partial charge in [0.1, 0.15) is 10.0 Å². The number of pyridine rings is 1. The highest BCUT2D eigenvalue weighted by Gasteiger charge is 2.39. The largest absolute Gasteiger partial charge is 0.389 e. The molecule has 0 radical (unpaired) electrons. The topological polar surface area (TPSA) is 70.5 Å². The van der Waals surface area contributed by atoms with E-state index in [9.17, 15) is 13.5 Å². The van der Waals surface area contributed by atoms with Crippen molar-refractivity contribution >= 4 is 21.6 Å². The molecule has 0 spiro atoms. The highest BCUT2D eigenvalue weighted by atomic mass is 35.5. The molecule has 1 atom stereocenters. The number of nitrogens with zero attached hydrogens (tertiary/aromatic N) is 2. The Morgan fingerprint density at radius 2 is 2.29 bits per heavy atom. The van der Waals surface area contributed by atoms with Gasteiger partial charge in [-0.3, -0.25) is 0 Å². The fourth-order valence-electron chi connectivity index (χ4n) is 1.81. The first-order chi connectivity index (χ1) is 7.83. The highest BCUT2D eigenvalue weighted by molar-refractivity contribution is 7.89. The fourth-order valence-corrected chi connectivity index (χ4v) is 3.80. The van der Waals surface area contributed by atoms with Crippen LogP contribution in [0.4, 0.5) is 0 Å². The van der Waals surface area contributed by atoms with E-state index in [-0.39, 0.29) is 16.6 Å². The van der Waals surface area contributed by atoms with E-state index in [1.807, 2.05) is 0 Å². The minimum atomic E-state index is -3.66. The number of rotatable bonds is 2. The molecule has 1 aromatic rings. The third-order valence-corrected chi connectivity index (χ3v) is 5.05. The van der Waals surface area contributed by atoms with Crippen molar-refractivity contribution in [1.82, 2.24) is 9.29 Å². The second-order valence-electron chi connectivity index (χ2n) is 4.38. The molecule has 1 N–H and O–H groups in total. The fraction of sp³-hybridized carbons (Fsp3) is 0.500. The lowest BCUT2D eigenvalue weighted by Crippen LogP contribution is -2.34. The van der Waals surface area contributed by atoms with Gasteiger partial charge in [-0.25, -0.2) is 13.4 Å². The Morgan fingerprint density at radius 3 is 2.82 bits per heavy atom. The summed E-state index contributed by atoms with van der Waals surface area (Å²) >= 11 is 5.78. The van der Waals surface area contributed by atoms with Crippen LogP contribution in [0.2, 0.25) is 5.15 Å². The smallest absolute Gasteiger partial charge is 0.246 e. The molecule has 94 valence electrons. The van der Waals surface area contributed by atoms with Crippen LogP contribution in [0.1, 0.15) is 13.3 Å². The van der Waals surface area contributed by atoms with Crippen molar-refractivity contribution in [3.05, 3.63) is 23.5 Å². The molecule has 1 aliphatic heterocycles. The molecular formula is C10H13ClN2O3S. The summed E-state index contributed by atoms with van der Waals surface area (Å²) in [6.45, 7) is 1.99. The average Bonchev–Trinajstić information content (AvgIpc) is 2.60. The number of hydrogen-bond donors (Lipinski definition) is 1. The first kappa shape index (κ1) is 12.8. The van der Waals surface area contributed by atoms with E-state index in [0.29, 0.717) is 13.0 Å². The third-order valence-electron chi connectivity index (χ3n) is 2.76. The van der Waals surface area contributed by atoms with Crippen molar-refractivity contribution in [1.29, 1.82) is 0 Å². The van der Waals surface area contributed by atoms with Crippen molar-refractivity contribution < 1.29 is 13.5 Å². The predicted molar refractivity (Wildman–Crippen MR) is 63.2 cm³/mol. The van der Waals surface area contributed by atoms with Gasteiger partial charge in [0.15, 0.2) is 0 Å². The quantitative estimate of drug-likeness (QED) is 0.814. The van der Waals surface area contributed by atoms with Gasteiger partial charge < -0.3 is 5.11 Å². The number of aliphatic hydroxyl groups is 1. The maximum absolute atomic E-state index is 12.2. The summed E-state index contributed by atoms with van der Waals surface area (Å²) in [4.78, 5) is 3.74. The van der Waals surface area contributed by atoms with E-state index in [0.717, 1.165) is 0 Å². The zero-order valence-corrected chi connectivity index (χ0v) is 10.9. The maximum atomic E-state index is 12.2. The van der Waals surface area contributed by atoms with E-state index >= 15 is 0 Å². The van der Waals surface area contributed by atoms with Crippen LogP contribution in [0.25, 0.3) is 0 Å². The van der Waals surface area contributed by atoms with Crippen LogP contribution in [-0.4, -0.2) is 41.5 Å². The zero-order chi connectivity index (χ0) is 12.7. The first-order valence-electron chi connectivity index (χ1n) is 5.16. The lowest BCUT2D eigenvalue weighted by Gasteiger charge is -2.19. The van der Waals surface area contributed by atoms with Crippen molar-refractivity contribution in [2.75, 3.05) is 13.1 Å². The molecule has 5 nitrogen and oxygen atoms in total. The number of halogens is 1. The van der Waals surface area contributed by atoms with Crippen LogP contribution in [0, 0.1) is 0 Å². The molecule has 7 heteroatoms. The second kappa shape index (κ2) is 4.20. The van der Waals surface area contributed by atoms with Gasteiger partial charge in [0.25, 0.3) is 0 Å². The molecule has 2 rings (SSSR count). The van der Waals surface area contributed by atoms with E-state index in [1.165, 1.54) is 22.6 Å². The minimum Gasteiger partial charge on any atom is -0.389 e. The summed E-state index contributed by atoms with van der Waals surface area (Å²) in [5.41, 5.74) is -0.970. The van der Waals surface area contributed by atoms with Crippen LogP contribution in [0.15, 0.2) is 23.2 Å². The molecular weight excluding hydrogens is 264 g/mol. The highest BCUT2D eigenvalue weighted by Crippen LogP contribution is 2.29. The number of sulfonamides is 1. The van der Waals surface area contributed by atoms with Crippen molar-refractivity contribution in [2.24, 2.45) is 0 Å². The van der Waals surface area contributed by atoms with Gasteiger partial charge in [0.2, 0.25) is 10.0 Å². The minimum absolute atomic E-state index is 0.0145. The number of hydrogen-bond acceptors (Lipinski definition) is 4. The first-order valence-corrected chi connectivity index (χ1v) is 6.98. The van der Waals surface area contributed by atoms with Crippen LogP contribution in [0.3, 0.4) is 0 Å². The van der Waals surface area contributed by atoms with Gasteiger partial charge in [-0.1, -0.05) is 11.6 Å². The molecule has 1 aliphatic rings. The Bertz CT molecular complexity index is 530. The molecule has 1 saturated heterocycles. The molecule has 0 bridgehead atoms. The monoisotopic (exact) mass is 276 g/mol. The number of aromatic nitrogens is 1. The van der Waals surface area contributed by atoms with Crippen molar-refractivity contribution in [2.45, 2.75) is 23.8 Å². The Labute approximate surface area is 105 Å². The molecule has 17 heavy (non-hydrogen) atoms. The normalized spacial score (nSPS) is 26.3. The summed E-state index contributed by atoms with van der Waals surface area (Å²) in [5, 5.41) is 9.75. The van der Waals surface area contributed by atoms with Gasteiger partial charge >= 0.3 is 0 Å². The maximum Gasteiger partial charge on any atom is 0.246 e. The van der Waals surface area contributed by atoms with Crippen molar-refractivity contribution in [3.8, 4) is 0 Å². The SMILES string of the molecule is CC1(O)CCN(S(=O)(=O)c2cccnc2Cl)C1. The van der Waals surface area contributed by atoms with Gasteiger partial charge in [-0.05, 0) is 25.5 Å². The van der Waals surface area contributed by atoms with Gasteiger partial charge in [0.05, 0.1) is 5.60 Å². The Kier molecular flexibility index (Phi) is 3.15. The summed E-state index contributed by atoms with van der Waals surface area (Å²) < 4.78 is 25.7. The average molecular weight is 277 g/mol. The van der Waals surface area contributed by atoms with Crippen LogP contribution < -0.4 is 0 Å². The Hall–Kier alpha value is -0.690. The van der Waals surface area contributed by atoms with E-state index in [2.05, 4.69) is 4.98 Å². The second-order valence-corrected chi connectivity index (χ2v) is 6.64. The Balaban J connectivity index is 2.36. The Morgan fingerprint density at radius 1 is 1.59 bits per heavy atom. The van der Waals surface area contributed by atoms with Gasteiger partial charge in [-0.15, -0.1) is 0 Å². The third kappa shape index (κ3) is 2.44. The summed E-state index contributed by atoms with van der Waals surface area (Å²) in [6, 6.07) is 2.94. The van der Waals surface area contributed by atoms with E-state index in [1.54, 1.807) is 6.92 Å². The lowest BCUT2D eigenvalue weighted by molar-refractivity contribution is 0.0762. The molecule has 0 aliphatic carbocycles. The lowest BCUT2D eigenvalue weighted by atomic mass is 10.1. The standard InChI is InChI=1S/C10H13ClN2O3S/c1-10(14)4-6-13(7-10)17(15,16)8-3-2-5-12-9(8)11/h2-3,5,14H,4,6-7H2,1H3. The molecule has 1 unspecified atom stereocenters. The molecule has 0 aromatic carbocycles. The van der Waals surface area contributed by atoms with Crippen LogP contribution in [-0.2, 0) is 10.0 Å². The van der Waals surface area contributed by atoms with E-state index < -0.39 is 15.6 Å². The summed E-state index contributed by atoms with van der Waals surface area (Å²) in [6.07, 6.45) is 1.85. The van der Waals surface area contributed by atoms with Crippen molar-refractivity contribution in [3.63, 3.8) is 0 Å². The summed E-state index contributed by atoms with van der Waals surface area (Å²) in [7, 11) is -3.66. The molecule has 0 saturated carbocycles. The zero-order valence-electron chi connectivity index (χ0n) is 9.30. The molecule has 0 amide bonds. The molecule has 2 heterocycles. The van der Waals surface area contributed by atoms with E-state index in [4.69, 9.17) is 11.6 Å². The predicted octanol–water partition coefficient (Wildman–Crippen LogP) is 0.880.